The Kier molecular flexibility index (Phi) is 6.96. The van der Waals surface area contributed by atoms with Crippen molar-refractivity contribution in [2.24, 2.45) is 17.6 Å². The molecule has 0 spiro atoms. The third-order valence-electron chi connectivity index (χ3n) is 4.63. The number of carbonyl (C=O) groups is 1. The molecule has 1 aliphatic rings. The maximum Gasteiger partial charge on any atom is 0.224 e. The van der Waals surface area contributed by atoms with Crippen LogP contribution in [-0.4, -0.2) is 42.0 Å². The van der Waals surface area contributed by atoms with Crippen molar-refractivity contribution in [2.75, 3.05) is 13.1 Å². The molecule has 118 valence electrons. The van der Waals surface area contributed by atoms with E-state index in [1.807, 2.05) is 0 Å². The summed E-state index contributed by atoms with van der Waals surface area (Å²) in [4.78, 5) is 14.7. The first-order valence-electron chi connectivity index (χ1n) is 8.13. The summed E-state index contributed by atoms with van der Waals surface area (Å²) in [6.45, 7) is 12.6. The van der Waals surface area contributed by atoms with E-state index in [0.29, 0.717) is 24.5 Å². The molecule has 3 N–H and O–H groups in total. The first-order chi connectivity index (χ1) is 9.34. The quantitative estimate of drug-likeness (QED) is 0.784. The standard InChI is InChI=1S/C16H33N3O/c1-11(2)19(12(3)4)10-9-18-16(20)14-8-6-7-13(5)15(14)17/h11-15H,6-10,17H2,1-5H3,(H,18,20). The van der Waals surface area contributed by atoms with E-state index in [2.05, 4.69) is 44.8 Å². The van der Waals surface area contributed by atoms with Crippen molar-refractivity contribution in [1.29, 1.82) is 0 Å². The fourth-order valence-electron chi connectivity index (χ4n) is 3.30. The minimum absolute atomic E-state index is 0.00491. The Morgan fingerprint density at radius 2 is 1.85 bits per heavy atom. The summed E-state index contributed by atoms with van der Waals surface area (Å²) < 4.78 is 0. The van der Waals surface area contributed by atoms with Crippen molar-refractivity contribution >= 4 is 5.91 Å². The predicted octanol–water partition coefficient (Wildman–Crippen LogP) is 1.98. The van der Waals surface area contributed by atoms with Gasteiger partial charge >= 0.3 is 0 Å². The Labute approximate surface area is 124 Å². The van der Waals surface area contributed by atoms with Crippen LogP contribution in [0, 0.1) is 11.8 Å². The zero-order valence-corrected chi connectivity index (χ0v) is 13.9. The lowest BCUT2D eigenvalue weighted by molar-refractivity contribution is -0.127. The zero-order chi connectivity index (χ0) is 15.3. The number of rotatable bonds is 6. The molecule has 0 radical (unpaired) electrons. The van der Waals surface area contributed by atoms with Gasteiger partial charge < -0.3 is 11.1 Å². The molecule has 4 heteroatoms. The lowest BCUT2D eigenvalue weighted by Gasteiger charge is -2.34. The summed E-state index contributed by atoms with van der Waals surface area (Å²) in [6.07, 6.45) is 3.21. The molecule has 1 amide bonds. The van der Waals surface area contributed by atoms with E-state index in [-0.39, 0.29) is 17.9 Å². The summed E-state index contributed by atoms with van der Waals surface area (Å²) in [5.74, 6) is 0.615. The van der Waals surface area contributed by atoms with Crippen molar-refractivity contribution in [2.45, 2.75) is 72.0 Å². The summed E-state index contributed by atoms with van der Waals surface area (Å²) >= 11 is 0. The molecule has 0 bridgehead atoms. The van der Waals surface area contributed by atoms with Gasteiger partial charge in [0, 0.05) is 31.2 Å². The summed E-state index contributed by atoms with van der Waals surface area (Å²) in [5.41, 5.74) is 6.18. The van der Waals surface area contributed by atoms with Crippen LogP contribution in [0.3, 0.4) is 0 Å². The minimum atomic E-state index is 0.00491. The van der Waals surface area contributed by atoms with Crippen LogP contribution in [0.15, 0.2) is 0 Å². The van der Waals surface area contributed by atoms with Crippen LogP contribution in [0.5, 0.6) is 0 Å². The van der Waals surface area contributed by atoms with E-state index in [9.17, 15) is 4.79 Å². The van der Waals surface area contributed by atoms with Gasteiger partial charge in [-0.3, -0.25) is 9.69 Å². The molecule has 0 aromatic carbocycles. The molecule has 0 saturated heterocycles. The lowest BCUT2D eigenvalue weighted by atomic mass is 9.78. The molecular weight excluding hydrogens is 250 g/mol. The summed E-state index contributed by atoms with van der Waals surface area (Å²) in [6, 6.07) is 1.03. The van der Waals surface area contributed by atoms with Crippen molar-refractivity contribution in [1.82, 2.24) is 10.2 Å². The minimum Gasteiger partial charge on any atom is -0.355 e. The van der Waals surface area contributed by atoms with Gasteiger partial charge in [-0.2, -0.15) is 0 Å². The van der Waals surface area contributed by atoms with Crippen LogP contribution >= 0.6 is 0 Å². The van der Waals surface area contributed by atoms with Crippen LogP contribution in [0.1, 0.15) is 53.9 Å². The molecule has 1 saturated carbocycles. The second-order valence-electron chi connectivity index (χ2n) is 6.81. The van der Waals surface area contributed by atoms with Crippen LogP contribution < -0.4 is 11.1 Å². The van der Waals surface area contributed by atoms with E-state index >= 15 is 0 Å². The molecule has 4 nitrogen and oxygen atoms in total. The highest BCUT2D eigenvalue weighted by Gasteiger charge is 2.32. The number of hydrogen-bond acceptors (Lipinski definition) is 3. The van der Waals surface area contributed by atoms with Gasteiger partial charge in [-0.1, -0.05) is 13.3 Å². The first-order valence-corrected chi connectivity index (χ1v) is 8.13. The van der Waals surface area contributed by atoms with Gasteiger partial charge in [-0.25, -0.2) is 0 Å². The lowest BCUT2D eigenvalue weighted by Crippen LogP contribution is -2.49. The van der Waals surface area contributed by atoms with E-state index in [1.165, 1.54) is 0 Å². The molecule has 0 heterocycles. The van der Waals surface area contributed by atoms with Crippen molar-refractivity contribution in [3.8, 4) is 0 Å². The Morgan fingerprint density at radius 3 is 2.40 bits per heavy atom. The third kappa shape index (κ3) is 4.74. The van der Waals surface area contributed by atoms with Crippen LogP contribution in [0.25, 0.3) is 0 Å². The number of carbonyl (C=O) groups excluding carboxylic acids is 1. The average Bonchev–Trinajstić information content (AvgIpc) is 2.36. The van der Waals surface area contributed by atoms with Crippen LogP contribution in [0.4, 0.5) is 0 Å². The van der Waals surface area contributed by atoms with E-state index < -0.39 is 0 Å². The average molecular weight is 283 g/mol. The van der Waals surface area contributed by atoms with E-state index in [0.717, 1.165) is 25.8 Å². The molecular formula is C16H33N3O. The molecule has 1 fully saturated rings. The monoisotopic (exact) mass is 283 g/mol. The van der Waals surface area contributed by atoms with Crippen LogP contribution in [-0.2, 0) is 4.79 Å². The molecule has 1 aliphatic carbocycles. The number of hydrogen-bond donors (Lipinski definition) is 2. The molecule has 3 atom stereocenters. The molecule has 0 aliphatic heterocycles. The van der Waals surface area contributed by atoms with Crippen molar-refractivity contribution < 1.29 is 4.79 Å². The van der Waals surface area contributed by atoms with Gasteiger partial charge in [0.05, 0.1) is 5.92 Å². The molecule has 1 rings (SSSR count). The maximum absolute atomic E-state index is 12.3. The Balaban J connectivity index is 2.39. The fourth-order valence-corrected chi connectivity index (χ4v) is 3.30. The number of nitrogens with zero attached hydrogens (tertiary/aromatic N) is 1. The topological polar surface area (TPSA) is 58.4 Å². The number of nitrogens with two attached hydrogens (primary N) is 1. The highest BCUT2D eigenvalue weighted by Crippen LogP contribution is 2.27. The zero-order valence-electron chi connectivity index (χ0n) is 13.9. The molecule has 0 aromatic rings. The largest absolute Gasteiger partial charge is 0.355 e. The summed E-state index contributed by atoms with van der Waals surface area (Å²) in [5, 5.41) is 3.08. The van der Waals surface area contributed by atoms with E-state index in [1.54, 1.807) is 0 Å². The smallest absolute Gasteiger partial charge is 0.224 e. The van der Waals surface area contributed by atoms with Gasteiger partial charge in [0.25, 0.3) is 0 Å². The SMILES string of the molecule is CC1CCCC(C(=O)NCCN(C(C)C)C(C)C)C1N. The van der Waals surface area contributed by atoms with Crippen LogP contribution in [0.2, 0.25) is 0 Å². The van der Waals surface area contributed by atoms with E-state index in [4.69, 9.17) is 5.73 Å². The second-order valence-corrected chi connectivity index (χ2v) is 6.81. The highest BCUT2D eigenvalue weighted by molar-refractivity contribution is 5.79. The summed E-state index contributed by atoms with van der Waals surface area (Å²) in [7, 11) is 0. The second kappa shape index (κ2) is 7.99. The van der Waals surface area contributed by atoms with Gasteiger partial charge in [-0.05, 0) is 46.5 Å². The maximum atomic E-state index is 12.3. The normalized spacial score (nSPS) is 27.4. The van der Waals surface area contributed by atoms with Gasteiger partial charge in [0.1, 0.15) is 0 Å². The van der Waals surface area contributed by atoms with Gasteiger partial charge in [0.2, 0.25) is 5.91 Å². The van der Waals surface area contributed by atoms with Crippen molar-refractivity contribution in [3.05, 3.63) is 0 Å². The molecule has 3 unspecified atom stereocenters. The predicted molar refractivity (Wildman–Crippen MR) is 84.5 cm³/mol. The highest BCUT2D eigenvalue weighted by atomic mass is 16.1. The Bertz CT molecular complexity index is 296. The number of nitrogens with one attached hydrogen (secondary N) is 1. The fraction of sp³-hybridized carbons (Fsp3) is 0.938. The Hall–Kier alpha value is -0.610. The third-order valence-corrected chi connectivity index (χ3v) is 4.63. The molecule has 0 aromatic heterocycles. The molecule has 20 heavy (non-hydrogen) atoms. The van der Waals surface area contributed by atoms with Gasteiger partial charge in [0.15, 0.2) is 0 Å². The van der Waals surface area contributed by atoms with Crippen molar-refractivity contribution in [3.63, 3.8) is 0 Å². The first kappa shape index (κ1) is 17.4. The van der Waals surface area contributed by atoms with Gasteiger partial charge in [-0.15, -0.1) is 0 Å². The Morgan fingerprint density at radius 1 is 1.25 bits per heavy atom. The number of amides is 1.